The molecule has 4 nitrogen and oxygen atoms in total. The van der Waals surface area contributed by atoms with Crippen LogP contribution in [0.25, 0.3) is 0 Å². The van der Waals surface area contributed by atoms with Crippen molar-refractivity contribution in [2.45, 2.75) is 76.4 Å². The molecule has 1 saturated carbocycles. The van der Waals surface area contributed by atoms with Crippen molar-refractivity contribution in [3.05, 3.63) is 0 Å². The predicted molar refractivity (Wildman–Crippen MR) is 80.9 cm³/mol. The molecule has 0 aromatic heterocycles. The van der Waals surface area contributed by atoms with Crippen molar-refractivity contribution in [3.8, 4) is 0 Å². The summed E-state index contributed by atoms with van der Waals surface area (Å²) in [6.45, 7) is 5.67. The van der Waals surface area contributed by atoms with E-state index in [1.807, 2.05) is 0 Å². The van der Waals surface area contributed by atoms with Crippen LogP contribution in [0.4, 0.5) is 0 Å². The zero-order chi connectivity index (χ0) is 14.8. The fraction of sp³-hybridized carbons (Fsp3) is 0.938. The van der Waals surface area contributed by atoms with Crippen molar-refractivity contribution >= 4 is 5.97 Å². The average Bonchev–Trinajstić information content (AvgIpc) is 2.82. The van der Waals surface area contributed by atoms with E-state index < -0.39 is 11.5 Å². The molecular weight excluding hydrogens is 252 g/mol. The molecule has 1 aliphatic heterocycles. The van der Waals surface area contributed by atoms with Gasteiger partial charge in [0.15, 0.2) is 0 Å². The molecule has 1 aliphatic carbocycles. The Kier molecular flexibility index (Phi) is 5.08. The molecule has 116 valence electrons. The normalized spacial score (nSPS) is 39.0. The largest absolute Gasteiger partial charge is 0.480 e. The third kappa shape index (κ3) is 2.86. The summed E-state index contributed by atoms with van der Waals surface area (Å²) in [5.41, 5.74) is -0.678. The minimum absolute atomic E-state index is 0.270. The fourth-order valence-electron chi connectivity index (χ4n) is 4.41. The van der Waals surface area contributed by atoms with Crippen molar-refractivity contribution in [1.29, 1.82) is 0 Å². The summed E-state index contributed by atoms with van der Waals surface area (Å²) < 4.78 is 0. The van der Waals surface area contributed by atoms with Crippen LogP contribution in [0, 0.1) is 5.92 Å². The quantitative estimate of drug-likeness (QED) is 0.813. The van der Waals surface area contributed by atoms with Crippen LogP contribution in [0.15, 0.2) is 0 Å². The Morgan fingerprint density at radius 3 is 2.45 bits per heavy atom. The van der Waals surface area contributed by atoms with Gasteiger partial charge in [-0.05, 0) is 65.5 Å². The van der Waals surface area contributed by atoms with Crippen LogP contribution in [-0.2, 0) is 4.79 Å². The highest BCUT2D eigenvalue weighted by Gasteiger charge is 2.47. The number of likely N-dealkylation sites (tertiary alicyclic amines) is 1. The van der Waals surface area contributed by atoms with E-state index in [0.717, 1.165) is 32.2 Å². The van der Waals surface area contributed by atoms with Gasteiger partial charge in [0.1, 0.15) is 5.54 Å². The smallest absolute Gasteiger partial charge is 0.324 e. The summed E-state index contributed by atoms with van der Waals surface area (Å²) in [5, 5.41) is 12.7. The molecule has 4 heteroatoms. The second-order valence-corrected chi connectivity index (χ2v) is 6.77. The Morgan fingerprint density at radius 2 is 1.90 bits per heavy atom. The van der Waals surface area contributed by atoms with Gasteiger partial charge in [0.2, 0.25) is 0 Å². The summed E-state index contributed by atoms with van der Waals surface area (Å²) >= 11 is 0. The van der Waals surface area contributed by atoms with E-state index in [-0.39, 0.29) is 5.92 Å². The maximum atomic E-state index is 11.7. The molecule has 2 fully saturated rings. The summed E-state index contributed by atoms with van der Waals surface area (Å²) in [6.07, 6.45) is 7.75. The number of nitrogens with zero attached hydrogens (tertiary/aromatic N) is 1. The van der Waals surface area contributed by atoms with Crippen LogP contribution in [0.1, 0.15) is 58.8 Å². The number of hydrogen-bond donors (Lipinski definition) is 2. The molecule has 4 atom stereocenters. The molecule has 0 radical (unpaired) electrons. The Labute approximate surface area is 122 Å². The maximum absolute atomic E-state index is 11.7. The second-order valence-electron chi connectivity index (χ2n) is 6.77. The average molecular weight is 282 g/mol. The number of nitrogens with one attached hydrogen (secondary N) is 1. The fourth-order valence-corrected chi connectivity index (χ4v) is 4.41. The number of rotatable bonds is 5. The Balaban J connectivity index is 1.97. The van der Waals surface area contributed by atoms with E-state index in [2.05, 4.69) is 24.1 Å². The summed E-state index contributed by atoms with van der Waals surface area (Å²) in [4.78, 5) is 14.3. The minimum atomic E-state index is -0.678. The number of hydrogen-bond acceptors (Lipinski definition) is 3. The maximum Gasteiger partial charge on any atom is 0.324 e. The molecule has 4 unspecified atom stereocenters. The van der Waals surface area contributed by atoms with E-state index >= 15 is 0 Å². The monoisotopic (exact) mass is 282 g/mol. The Bertz CT molecular complexity index is 337. The molecule has 0 aromatic rings. The zero-order valence-corrected chi connectivity index (χ0v) is 13.2. The lowest BCUT2D eigenvalue weighted by Crippen LogP contribution is -2.54. The summed E-state index contributed by atoms with van der Waals surface area (Å²) in [6, 6.07) is 1.29. The lowest BCUT2D eigenvalue weighted by atomic mass is 9.84. The molecule has 2 N–H and O–H groups in total. The van der Waals surface area contributed by atoms with Crippen molar-refractivity contribution < 1.29 is 9.90 Å². The molecule has 0 aromatic carbocycles. The van der Waals surface area contributed by atoms with E-state index in [1.54, 1.807) is 7.05 Å². The van der Waals surface area contributed by atoms with Crippen LogP contribution in [-0.4, -0.2) is 47.2 Å². The highest BCUT2D eigenvalue weighted by molar-refractivity contribution is 5.79. The van der Waals surface area contributed by atoms with Gasteiger partial charge in [-0.1, -0.05) is 12.8 Å². The molecule has 2 aliphatic rings. The number of likely N-dealkylation sites (N-methyl/N-ethyl adjacent to an activating group) is 1. The standard InChI is InChI=1S/C16H30N2O2/c1-12-6-4-7-13(2)18(12)11-9-14-8-5-10-16(14,17-3)15(19)20/h12-14,17H,4-11H2,1-3H3,(H,19,20). The second kappa shape index (κ2) is 6.44. The lowest BCUT2D eigenvalue weighted by molar-refractivity contribution is -0.146. The number of carboxylic acid groups (broad SMARTS) is 1. The van der Waals surface area contributed by atoms with E-state index in [1.165, 1.54) is 19.3 Å². The minimum Gasteiger partial charge on any atom is -0.480 e. The van der Waals surface area contributed by atoms with Gasteiger partial charge < -0.3 is 10.4 Å². The number of carboxylic acids is 1. The van der Waals surface area contributed by atoms with Gasteiger partial charge in [-0.15, -0.1) is 0 Å². The molecule has 0 spiro atoms. The van der Waals surface area contributed by atoms with Crippen molar-refractivity contribution in [1.82, 2.24) is 10.2 Å². The van der Waals surface area contributed by atoms with Crippen LogP contribution in [0.5, 0.6) is 0 Å². The first-order chi connectivity index (χ1) is 9.51. The van der Waals surface area contributed by atoms with Crippen molar-refractivity contribution in [2.75, 3.05) is 13.6 Å². The van der Waals surface area contributed by atoms with Crippen LogP contribution < -0.4 is 5.32 Å². The van der Waals surface area contributed by atoms with Gasteiger partial charge >= 0.3 is 5.97 Å². The van der Waals surface area contributed by atoms with Gasteiger partial charge in [-0.25, -0.2) is 0 Å². The molecule has 0 amide bonds. The highest BCUT2D eigenvalue weighted by Crippen LogP contribution is 2.38. The molecular formula is C16H30N2O2. The molecule has 2 rings (SSSR count). The first kappa shape index (κ1) is 15.8. The molecule has 1 heterocycles. The van der Waals surface area contributed by atoms with Crippen molar-refractivity contribution in [2.24, 2.45) is 5.92 Å². The van der Waals surface area contributed by atoms with E-state index in [0.29, 0.717) is 12.1 Å². The first-order valence-corrected chi connectivity index (χ1v) is 8.19. The van der Waals surface area contributed by atoms with E-state index in [4.69, 9.17) is 0 Å². The Hall–Kier alpha value is -0.610. The Morgan fingerprint density at radius 1 is 1.25 bits per heavy atom. The van der Waals surface area contributed by atoms with Gasteiger partial charge in [0.25, 0.3) is 0 Å². The number of aliphatic carboxylic acids is 1. The van der Waals surface area contributed by atoms with E-state index in [9.17, 15) is 9.90 Å². The van der Waals surface area contributed by atoms with Crippen LogP contribution in [0.3, 0.4) is 0 Å². The van der Waals surface area contributed by atoms with Crippen LogP contribution >= 0.6 is 0 Å². The molecule has 20 heavy (non-hydrogen) atoms. The molecule has 1 saturated heterocycles. The predicted octanol–water partition coefficient (Wildman–Crippen LogP) is 2.48. The lowest BCUT2D eigenvalue weighted by Gasteiger charge is -2.40. The van der Waals surface area contributed by atoms with Crippen molar-refractivity contribution in [3.63, 3.8) is 0 Å². The van der Waals surface area contributed by atoms with Gasteiger partial charge in [0, 0.05) is 12.1 Å². The first-order valence-electron chi connectivity index (χ1n) is 8.19. The number of piperidine rings is 1. The topological polar surface area (TPSA) is 52.6 Å². The zero-order valence-electron chi connectivity index (χ0n) is 13.2. The summed E-state index contributed by atoms with van der Waals surface area (Å²) in [5.74, 6) is -0.395. The third-order valence-corrected chi connectivity index (χ3v) is 5.76. The SMILES string of the molecule is CNC1(C(=O)O)CCCC1CCN1C(C)CCCC1C. The highest BCUT2D eigenvalue weighted by atomic mass is 16.4. The third-order valence-electron chi connectivity index (χ3n) is 5.76. The number of carbonyl (C=O) groups is 1. The molecule has 0 bridgehead atoms. The van der Waals surface area contributed by atoms with Gasteiger partial charge in [-0.2, -0.15) is 0 Å². The van der Waals surface area contributed by atoms with Crippen LogP contribution in [0.2, 0.25) is 0 Å². The summed E-state index contributed by atoms with van der Waals surface area (Å²) in [7, 11) is 1.80. The van der Waals surface area contributed by atoms with Gasteiger partial charge in [0.05, 0.1) is 0 Å². The van der Waals surface area contributed by atoms with Gasteiger partial charge in [-0.3, -0.25) is 9.69 Å².